The summed E-state index contributed by atoms with van der Waals surface area (Å²) in [6, 6.07) is 8.59. The number of nitrogens with zero attached hydrogens (tertiary/aromatic N) is 5. The van der Waals surface area contributed by atoms with Gasteiger partial charge in [0, 0.05) is 30.7 Å². The maximum absolute atomic E-state index is 14.3. The zero-order valence-corrected chi connectivity index (χ0v) is 15.4. The molecule has 7 heteroatoms. The summed E-state index contributed by atoms with van der Waals surface area (Å²) < 4.78 is 17.8. The van der Waals surface area contributed by atoms with Crippen LogP contribution in [0.15, 0.2) is 55.0 Å². The molecule has 3 aromatic heterocycles. The second kappa shape index (κ2) is 6.69. The minimum atomic E-state index is -0.312. The average molecular weight is 374 g/mol. The van der Waals surface area contributed by atoms with Gasteiger partial charge in [-0.25, -0.2) is 9.07 Å². The number of hydrogen-bond donors (Lipinski definition) is 1. The number of hydrogen-bond acceptors (Lipinski definition) is 4. The first-order valence-corrected chi connectivity index (χ1v) is 9.23. The zero-order chi connectivity index (χ0) is 19.1. The Balaban J connectivity index is 1.67. The Hall–Kier alpha value is -3.32. The molecule has 6 nitrogen and oxygen atoms in total. The number of aromatic nitrogens is 5. The summed E-state index contributed by atoms with van der Waals surface area (Å²) in [4.78, 5) is 4.63. The maximum Gasteiger partial charge on any atom is 0.148 e. The van der Waals surface area contributed by atoms with Gasteiger partial charge in [-0.05, 0) is 36.7 Å². The smallest absolute Gasteiger partial charge is 0.148 e. The van der Waals surface area contributed by atoms with Gasteiger partial charge in [0.25, 0.3) is 0 Å². The quantitative estimate of drug-likeness (QED) is 0.598. The van der Waals surface area contributed by atoms with E-state index in [0.717, 1.165) is 47.4 Å². The van der Waals surface area contributed by atoms with Crippen LogP contribution in [0.3, 0.4) is 0 Å². The van der Waals surface area contributed by atoms with Crippen molar-refractivity contribution in [2.45, 2.75) is 6.42 Å². The molecule has 4 aromatic rings. The Morgan fingerprint density at radius 1 is 1.11 bits per heavy atom. The van der Waals surface area contributed by atoms with E-state index >= 15 is 0 Å². The monoisotopic (exact) mass is 374 g/mol. The Bertz CT molecular complexity index is 1200. The molecular weight excluding hydrogens is 355 g/mol. The molecule has 0 saturated carbocycles. The van der Waals surface area contributed by atoms with Gasteiger partial charge in [0.05, 0.1) is 29.3 Å². The minimum Gasteiger partial charge on any atom is -0.313 e. The van der Waals surface area contributed by atoms with Crippen LogP contribution in [0, 0.1) is 5.82 Å². The number of pyridine rings is 1. The van der Waals surface area contributed by atoms with Crippen LogP contribution in [0.1, 0.15) is 12.1 Å². The maximum atomic E-state index is 14.3. The molecule has 28 heavy (non-hydrogen) atoms. The van der Waals surface area contributed by atoms with E-state index in [1.54, 1.807) is 35.3 Å². The fraction of sp³-hybridized carbons (Fsp3) is 0.190. The molecule has 1 N–H and O–H groups in total. The highest BCUT2D eigenvalue weighted by Crippen LogP contribution is 2.31. The molecule has 0 amide bonds. The molecule has 1 aliphatic heterocycles. The average Bonchev–Trinajstić information content (AvgIpc) is 3.32. The van der Waals surface area contributed by atoms with Crippen LogP contribution >= 0.6 is 0 Å². The van der Waals surface area contributed by atoms with E-state index in [2.05, 4.69) is 26.6 Å². The van der Waals surface area contributed by atoms with Gasteiger partial charge < -0.3 is 5.32 Å². The van der Waals surface area contributed by atoms with Gasteiger partial charge in [-0.3, -0.25) is 9.67 Å². The fourth-order valence-corrected chi connectivity index (χ4v) is 3.73. The van der Waals surface area contributed by atoms with Crippen molar-refractivity contribution in [3.05, 3.63) is 66.5 Å². The molecule has 0 bridgehead atoms. The second-order valence-electron chi connectivity index (χ2n) is 6.85. The van der Waals surface area contributed by atoms with E-state index in [0.29, 0.717) is 5.69 Å². The van der Waals surface area contributed by atoms with Gasteiger partial charge >= 0.3 is 0 Å². The number of rotatable bonds is 3. The molecule has 0 fully saturated rings. The van der Waals surface area contributed by atoms with E-state index in [1.165, 1.54) is 11.6 Å². The van der Waals surface area contributed by atoms with Crippen LogP contribution in [0.5, 0.6) is 0 Å². The minimum absolute atomic E-state index is 0.312. The summed E-state index contributed by atoms with van der Waals surface area (Å²) in [7, 11) is 1.95. The molecule has 4 heterocycles. The lowest BCUT2D eigenvalue weighted by Gasteiger charge is -2.16. The number of benzene rings is 1. The summed E-state index contributed by atoms with van der Waals surface area (Å²) in [5.41, 5.74) is 5.34. The van der Waals surface area contributed by atoms with Crippen molar-refractivity contribution in [3.8, 4) is 16.9 Å². The highest BCUT2D eigenvalue weighted by atomic mass is 19.1. The van der Waals surface area contributed by atoms with E-state index < -0.39 is 0 Å². The van der Waals surface area contributed by atoms with Crippen molar-refractivity contribution >= 4 is 16.5 Å². The van der Waals surface area contributed by atoms with Gasteiger partial charge in [0.15, 0.2) is 0 Å². The summed E-state index contributed by atoms with van der Waals surface area (Å²) >= 11 is 0. The molecule has 0 unspecified atom stereocenters. The highest BCUT2D eigenvalue weighted by molar-refractivity contribution is 5.86. The van der Waals surface area contributed by atoms with Crippen LogP contribution in [0.25, 0.3) is 33.4 Å². The summed E-state index contributed by atoms with van der Waals surface area (Å²) in [5.74, 6) is -0.312. The Labute approximate surface area is 161 Å². The van der Waals surface area contributed by atoms with Gasteiger partial charge in [0.2, 0.25) is 0 Å². The predicted octanol–water partition coefficient (Wildman–Crippen LogP) is 3.34. The molecule has 0 radical (unpaired) electrons. The van der Waals surface area contributed by atoms with E-state index in [-0.39, 0.29) is 5.82 Å². The van der Waals surface area contributed by atoms with E-state index in [4.69, 9.17) is 0 Å². The SMILES string of the molecule is Cn1ncc(-c2cc3c(cn2)cnn3-c2ccccc2F)c1C1=CCNCC1. The van der Waals surface area contributed by atoms with Gasteiger partial charge in [-0.2, -0.15) is 10.2 Å². The number of halogens is 1. The van der Waals surface area contributed by atoms with Crippen LogP contribution in [-0.4, -0.2) is 37.6 Å². The van der Waals surface area contributed by atoms with Crippen LogP contribution < -0.4 is 5.32 Å². The number of fused-ring (bicyclic) bond motifs is 1. The lowest BCUT2D eigenvalue weighted by molar-refractivity contribution is 0.613. The Morgan fingerprint density at radius 2 is 2.00 bits per heavy atom. The zero-order valence-electron chi connectivity index (χ0n) is 15.4. The molecule has 0 aliphatic carbocycles. The molecule has 1 aliphatic rings. The van der Waals surface area contributed by atoms with Gasteiger partial charge in [0.1, 0.15) is 11.5 Å². The summed E-state index contributed by atoms with van der Waals surface area (Å²) in [5, 5.41) is 13.0. The highest BCUT2D eigenvalue weighted by Gasteiger charge is 2.18. The third-order valence-electron chi connectivity index (χ3n) is 5.12. The van der Waals surface area contributed by atoms with Crippen molar-refractivity contribution in [3.63, 3.8) is 0 Å². The van der Waals surface area contributed by atoms with Crippen molar-refractivity contribution in [2.24, 2.45) is 7.05 Å². The summed E-state index contributed by atoms with van der Waals surface area (Å²) in [6.07, 6.45) is 8.48. The fourth-order valence-electron chi connectivity index (χ4n) is 3.73. The lowest BCUT2D eigenvalue weighted by atomic mass is 10.0. The van der Waals surface area contributed by atoms with Crippen LogP contribution in [-0.2, 0) is 7.05 Å². The van der Waals surface area contributed by atoms with Gasteiger partial charge in [-0.15, -0.1) is 0 Å². The van der Waals surface area contributed by atoms with Crippen molar-refractivity contribution < 1.29 is 4.39 Å². The second-order valence-corrected chi connectivity index (χ2v) is 6.85. The molecule has 5 rings (SSSR count). The standard InChI is InChI=1S/C21H19FN6/c1-27-21(14-6-8-23-9-7-14)16(13-25-27)18-10-20-15(11-24-18)12-26-28(20)19-5-3-2-4-17(19)22/h2-6,10-13,23H,7-9H2,1H3. The molecule has 0 saturated heterocycles. The van der Waals surface area contributed by atoms with Crippen LogP contribution in [0.4, 0.5) is 4.39 Å². The van der Waals surface area contributed by atoms with E-state index in [9.17, 15) is 4.39 Å². The number of aryl methyl sites for hydroxylation is 1. The number of nitrogens with one attached hydrogen (secondary N) is 1. The largest absolute Gasteiger partial charge is 0.313 e. The molecule has 140 valence electrons. The molecular formula is C21H19FN6. The Kier molecular flexibility index (Phi) is 4.02. The molecule has 0 atom stereocenters. The third kappa shape index (κ3) is 2.71. The van der Waals surface area contributed by atoms with Gasteiger partial charge in [-0.1, -0.05) is 18.2 Å². The third-order valence-corrected chi connectivity index (χ3v) is 5.12. The normalized spacial score (nSPS) is 14.4. The van der Waals surface area contributed by atoms with Crippen molar-refractivity contribution in [2.75, 3.05) is 13.1 Å². The predicted molar refractivity (Wildman–Crippen MR) is 106 cm³/mol. The van der Waals surface area contributed by atoms with Crippen molar-refractivity contribution in [1.29, 1.82) is 0 Å². The molecule has 1 aromatic carbocycles. The van der Waals surface area contributed by atoms with Crippen molar-refractivity contribution in [1.82, 2.24) is 29.9 Å². The van der Waals surface area contributed by atoms with Crippen LogP contribution in [0.2, 0.25) is 0 Å². The lowest BCUT2D eigenvalue weighted by Crippen LogP contribution is -2.21. The topological polar surface area (TPSA) is 60.6 Å². The first-order valence-electron chi connectivity index (χ1n) is 9.23. The summed E-state index contributed by atoms with van der Waals surface area (Å²) in [6.45, 7) is 1.80. The number of para-hydroxylation sites is 1. The Morgan fingerprint density at radius 3 is 2.82 bits per heavy atom. The molecule has 0 spiro atoms. The first kappa shape index (κ1) is 16.8. The first-order chi connectivity index (χ1) is 13.7. The van der Waals surface area contributed by atoms with E-state index in [1.807, 2.05) is 24.0 Å².